The van der Waals surface area contributed by atoms with Gasteiger partial charge in [0.15, 0.2) is 0 Å². The average molecular weight is 240 g/mol. The van der Waals surface area contributed by atoms with Gasteiger partial charge < -0.3 is 0 Å². The van der Waals surface area contributed by atoms with Crippen LogP contribution in [-0.2, 0) is 3.74 Å². The van der Waals surface area contributed by atoms with Crippen LogP contribution in [0.25, 0.3) is 0 Å². The predicted molar refractivity (Wildman–Crippen MR) is 41.0 cm³/mol. The second-order valence-electron chi connectivity index (χ2n) is 1.96. The maximum absolute atomic E-state index is 9.28. The molecule has 1 atom stereocenters. The standard InChI is InChI=1S/C6H6.CH5AsO3.Na/c1-2-4-6-5-3-1;1-2(3,4)5;/h1-6H;1H3,(H2,3,4,5);/q;;+1/p-1. The normalized spacial score (nSPS) is 12.9. The van der Waals surface area contributed by atoms with Crippen LogP contribution in [0.1, 0.15) is 0 Å². The fraction of sp³-hybridized carbons (Fsp3) is 0.143. The van der Waals surface area contributed by atoms with E-state index in [4.69, 9.17) is 4.10 Å². The van der Waals surface area contributed by atoms with Crippen LogP contribution in [0.4, 0.5) is 0 Å². The van der Waals surface area contributed by atoms with Gasteiger partial charge in [-0.25, -0.2) is 0 Å². The molecular weight excluding hydrogens is 230 g/mol. The second-order valence-corrected chi connectivity index (χ2v) is 5.33. The molecule has 5 heteroatoms. The van der Waals surface area contributed by atoms with E-state index >= 15 is 0 Å². The second kappa shape index (κ2) is 8.11. The van der Waals surface area contributed by atoms with Crippen LogP contribution in [0, 0.1) is 0 Å². The maximum atomic E-state index is 9.28. The van der Waals surface area contributed by atoms with Gasteiger partial charge in [0.2, 0.25) is 0 Å². The van der Waals surface area contributed by atoms with Crippen molar-refractivity contribution in [2.45, 2.75) is 5.71 Å². The fourth-order valence-electron chi connectivity index (χ4n) is 0.385. The minimum Gasteiger partial charge on any atom is -0.0623 e. The Kier molecular flexibility index (Phi) is 10.1. The Hall–Kier alpha value is 0.498. The first kappa shape index (κ1) is 15.0. The summed E-state index contributed by atoms with van der Waals surface area (Å²) < 4.78 is 26.1. The Labute approximate surface area is 97.1 Å². The number of rotatable bonds is 0. The van der Waals surface area contributed by atoms with Gasteiger partial charge in [0.05, 0.1) is 0 Å². The van der Waals surface area contributed by atoms with Crippen LogP contribution in [-0.4, -0.2) is 18.3 Å². The van der Waals surface area contributed by atoms with Crippen LogP contribution < -0.4 is 33.7 Å². The zero-order chi connectivity index (χ0) is 8.74. The van der Waals surface area contributed by atoms with Crippen LogP contribution in [0.3, 0.4) is 0 Å². The summed E-state index contributed by atoms with van der Waals surface area (Å²) in [7, 11) is 0. The summed E-state index contributed by atoms with van der Waals surface area (Å²) in [6, 6.07) is 12.0. The van der Waals surface area contributed by atoms with E-state index in [0.717, 1.165) is 5.71 Å². The van der Waals surface area contributed by atoms with E-state index in [2.05, 4.69) is 0 Å². The van der Waals surface area contributed by atoms with E-state index in [1.54, 1.807) is 0 Å². The van der Waals surface area contributed by atoms with Crippen molar-refractivity contribution in [1.82, 2.24) is 0 Å². The van der Waals surface area contributed by atoms with Gasteiger partial charge in [-0.1, -0.05) is 36.4 Å². The monoisotopic (exact) mass is 240 g/mol. The molecule has 1 aromatic carbocycles. The Morgan fingerprint density at radius 1 is 1.08 bits per heavy atom. The summed E-state index contributed by atoms with van der Waals surface area (Å²) in [6.07, 6.45) is 0. The molecule has 0 spiro atoms. The molecule has 1 aromatic rings. The Morgan fingerprint density at radius 3 is 1.25 bits per heavy atom. The largest absolute Gasteiger partial charge is 1.00 e. The molecule has 0 bridgehead atoms. The van der Waals surface area contributed by atoms with E-state index in [1.165, 1.54) is 0 Å². The SMILES string of the molecule is C[As](=O)([O-])O.[Na+].c1ccccc1. The van der Waals surface area contributed by atoms with Crippen LogP contribution in [0.15, 0.2) is 36.4 Å². The quantitative estimate of drug-likeness (QED) is 0.492. The Balaban J connectivity index is 0. The van der Waals surface area contributed by atoms with Gasteiger partial charge in [-0.3, -0.25) is 0 Å². The van der Waals surface area contributed by atoms with E-state index in [0.29, 0.717) is 0 Å². The van der Waals surface area contributed by atoms with Gasteiger partial charge in [0.1, 0.15) is 0 Å². The Bertz CT molecular complexity index is 186. The van der Waals surface area contributed by atoms with Gasteiger partial charge in [-0.2, -0.15) is 0 Å². The van der Waals surface area contributed by atoms with E-state index in [-0.39, 0.29) is 29.6 Å². The third kappa shape index (κ3) is 22.4. The zero-order valence-corrected chi connectivity index (χ0v) is 11.1. The molecular formula is C7H10AsNaO3. The molecule has 0 aliphatic heterocycles. The maximum Gasteiger partial charge on any atom is 1.00 e. The first-order chi connectivity index (χ1) is 5.00. The molecule has 0 aliphatic rings. The molecule has 0 saturated heterocycles. The third-order valence-corrected chi connectivity index (χ3v) is 0.667. The number of hydrogen-bond donors (Lipinski definition) is 1. The summed E-state index contributed by atoms with van der Waals surface area (Å²) >= 11 is -4.38. The molecule has 0 heterocycles. The minimum absolute atomic E-state index is 0. The molecule has 0 aliphatic carbocycles. The molecule has 0 radical (unpaired) electrons. The summed E-state index contributed by atoms with van der Waals surface area (Å²) in [6.45, 7) is 0. The molecule has 0 fully saturated rings. The van der Waals surface area contributed by atoms with Crippen molar-refractivity contribution in [3.8, 4) is 0 Å². The molecule has 3 nitrogen and oxygen atoms in total. The van der Waals surface area contributed by atoms with Gasteiger partial charge in [-0.15, -0.1) is 0 Å². The topological polar surface area (TPSA) is 60.4 Å². The summed E-state index contributed by atoms with van der Waals surface area (Å²) in [5.74, 6) is 0. The van der Waals surface area contributed by atoms with Crippen molar-refractivity contribution in [3.05, 3.63) is 36.4 Å². The zero-order valence-electron chi connectivity index (χ0n) is 7.18. The number of benzene rings is 1. The van der Waals surface area contributed by atoms with Crippen molar-refractivity contribution in [1.29, 1.82) is 0 Å². The van der Waals surface area contributed by atoms with Crippen molar-refractivity contribution in [3.63, 3.8) is 0 Å². The molecule has 0 aromatic heterocycles. The van der Waals surface area contributed by atoms with Crippen LogP contribution in [0.5, 0.6) is 0 Å². The van der Waals surface area contributed by atoms with Crippen molar-refractivity contribution in [2.24, 2.45) is 0 Å². The molecule has 1 unspecified atom stereocenters. The molecule has 0 amide bonds. The first-order valence-corrected chi connectivity index (χ1v) is 7.26. The van der Waals surface area contributed by atoms with Crippen LogP contribution >= 0.6 is 0 Å². The number of hydrogen-bond acceptors (Lipinski definition) is 2. The molecule has 12 heavy (non-hydrogen) atoms. The smallest absolute Gasteiger partial charge is 0.0623 e. The Morgan fingerprint density at radius 2 is 1.17 bits per heavy atom. The van der Waals surface area contributed by atoms with Crippen molar-refractivity contribution < 1.29 is 41.5 Å². The van der Waals surface area contributed by atoms with Gasteiger partial charge >= 0.3 is 61.4 Å². The summed E-state index contributed by atoms with van der Waals surface area (Å²) in [4.78, 5) is 0. The molecule has 0 saturated carbocycles. The summed E-state index contributed by atoms with van der Waals surface area (Å²) in [5, 5.41) is 0. The fourth-order valence-corrected chi connectivity index (χ4v) is 0.385. The van der Waals surface area contributed by atoms with Gasteiger partial charge in [-0.05, 0) is 0 Å². The molecule has 62 valence electrons. The third-order valence-electron chi connectivity index (χ3n) is 0.667. The predicted octanol–water partition coefficient (Wildman–Crippen LogP) is -2.97. The molecule has 1 N–H and O–H groups in total. The van der Waals surface area contributed by atoms with Crippen LogP contribution in [0.2, 0.25) is 5.71 Å². The molecule has 1 rings (SSSR count). The van der Waals surface area contributed by atoms with Gasteiger partial charge in [0.25, 0.3) is 0 Å². The first-order valence-electron chi connectivity index (χ1n) is 3.01. The minimum atomic E-state index is -4.38. The average Bonchev–Trinajstić information content (AvgIpc) is 1.88. The van der Waals surface area contributed by atoms with E-state index < -0.39 is 14.2 Å². The van der Waals surface area contributed by atoms with Crippen molar-refractivity contribution >= 4 is 14.2 Å². The van der Waals surface area contributed by atoms with Crippen molar-refractivity contribution in [2.75, 3.05) is 0 Å². The van der Waals surface area contributed by atoms with Gasteiger partial charge in [0, 0.05) is 0 Å². The summed E-state index contributed by atoms with van der Waals surface area (Å²) in [5.41, 5.74) is 0.804. The van der Waals surface area contributed by atoms with E-state index in [9.17, 15) is 7.84 Å². The van der Waals surface area contributed by atoms with E-state index in [1.807, 2.05) is 36.4 Å².